The number of halogens is 2. The van der Waals surface area contributed by atoms with Gasteiger partial charge in [-0.2, -0.15) is 0 Å². The fourth-order valence-corrected chi connectivity index (χ4v) is 2.60. The van der Waals surface area contributed by atoms with Gasteiger partial charge in [0.05, 0.1) is 0 Å². The number of nitrogens with one attached hydrogen (secondary N) is 1. The molecule has 1 heterocycles. The SMILES string of the molecule is CCNC(=NCCc1ccncc1C)N(C)Cc1ccc(Cl)cc1.I. The van der Waals surface area contributed by atoms with Gasteiger partial charge in [0.1, 0.15) is 0 Å². The number of guanidine groups is 1. The van der Waals surface area contributed by atoms with Crippen LogP contribution in [0.15, 0.2) is 47.7 Å². The van der Waals surface area contributed by atoms with Gasteiger partial charge in [0.2, 0.25) is 0 Å². The van der Waals surface area contributed by atoms with Gasteiger partial charge in [0, 0.05) is 44.1 Å². The maximum Gasteiger partial charge on any atom is 0.193 e. The molecular weight excluding hydrogens is 447 g/mol. The number of nitrogens with zero attached hydrogens (tertiary/aromatic N) is 3. The quantitative estimate of drug-likeness (QED) is 0.387. The Kier molecular flexibility index (Phi) is 9.82. The molecule has 0 radical (unpaired) electrons. The van der Waals surface area contributed by atoms with Crippen molar-refractivity contribution in [3.8, 4) is 0 Å². The monoisotopic (exact) mass is 472 g/mol. The summed E-state index contributed by atoms with van der Waals surface area (Å²) in [6.45, 7) is 6.55. The second-order valence-electron chi connectivity index (χ2n) is 5.77. The number of aliphatic imine (C=N–C) groups is 1. The molecule has 0 saturated heterocycles. The average Bonchev–Trinajstić information content (AvgIpc) is 2.58. The van der Waals surface area contributed by atoms with E-state index in [1.807, 2.05) is 43.7 Å². The Balaban J connectivity index is 0.00000312. The van der Waals surface area contributed by atoms with E-state index < -0.39 is 0 Å². The molecule has 0 bridgehead atoms. The molecular formula is C19H26ClIN4. The van der Waals surface area contributed by atoms with Crippen molar-refractivity contribution in [3.05, 3.63) is 64.4 Å². The zero-order valence-electron chi connectivity index (χ0n) is 15.0. The van der Waals surface area contributed by atoms with Crippen molar-refractivity contribution in [1.29, 1.82) is 0 Å². The third-order valence-electron chi connectivity index (χ3n) is 3.81. The van der Waals surface area contributed by atoms with Gasteiger partial charge in [-0.3, -0.25) is 9.98 Å². The number of aromatic nitrogens is 1. The van der Waals surface area contributed by atoms with E-state index in [2.05, 4.69) is 35.1 Å². The maximum absolute atomic E-state index is 5.95. The summed E-state index contributed by atoms with van der Waals surface area (Å²) in [4.78, 5) is 11.0. The van der Waals surface area contributed by atoms with Gasteiger partial charge in [-0.25, -0.2) is 0 Å². The highest BCUT2D eigenvalue weighted by Crippen LogP contribution is 2.11. The summed E-state index contributed by atoms with van der Waals surface area (Å²) in [5.41, 5.74) is 3.72. The molecule has 6 heteroatoms. The molecule has 1 aromatic carbocycles. The highest BCUT2D eigenvalue weighted by atomic mass is 127. The van der Waals surface area contributed by atoms with Crippen LogP contribution in [0, 0.1) is 6.92 Å². The van der Waals surface area contributed by atoms with Crippen LogP contribution in [0.3, 0.4) is 0 Å². The van der Waals surface area contributed by atoms with Crippen LogP contribution >= 0.6 is 35.6 Å². The minimum Gasteiger partial charge on any atom is -0.357 e. The summed E-state index contributed by atoms with van der Waals surface area (Å²) >= 11 is 5.95. The first kappa shape index (κ1) is 21.7. The minimum atomic E-state index is 0. The van der Waals surface area contributed by atoms with Crippen LogP contribution in [0.5, 0.6) is 0 Å². The van der Waals surface area contributed by atoms with E-state index in [1.54, 1.807) is 0 Å². The summed E-state index contributed by atoms with van der Waals surface area (Å²) in [6, 6.07) is 9.99. The first-order valence-corrected chi connectivity index (χ1v) is 8.61. The van der Waals surface area contributed by atoms with Gasteiger partial charge < -0.3 is 10.2 Å². The summed E-state index contributed by atoms with van der Waals surface area (Å²) < 4.78 is 0. The minimum absolute atomic E-state index is 0. The predicted octanol–water partition coefficient (Wildman–Crippen LogP) is 4.30. The number of hydrogen-bond donors (Lipinski definition) is 1. The molecule has 136 valence electrons. The van der Waals surface area contributed by atoms with Gasteiger partial charge in [0.15, 0.2) is 5.96 Å². The lowest BCUT2D eigenvalue weighted by Crippen LogP contribution is -2.38. The van der Waals surface area contributed by atoms with Crippen LogP contribution in [0.2, 0.25) is 5.02 Å². The van der Waals surface area contributed by atoms with Crippen LogP contribution < -0.4 is 5.32 Å². The summed E-state index contributed by atoms with van der Waals surface area (Å²) in [5.74, 6) is 0.916. The van der Waals surface area contributed by atoms with Crippen LogP contribution in [0.4, 0.5) is 0 Å². The Morgan fingerprint density at radius 1 is 1.24 bits per heavy atom. The summed E-state index contributed by atoms with van der Waals surface area (Å²) in [5, 5.41) is 4.11. The molecule has 1 N–H and O–H groups in total. The molecule has 0 unspecified atom stereocenters. The van der Waals surface area contributed by atoms with Crippen LogP contribution in [-0.2, 0) is 13.0 Å². The molecule has 2 aromatic rings. The average molecular weight is 473 g/mol. The second kappa shape index (κ2) is 11.3. The zero-order valence-corrected chi connectivity index (χ0v) is 18.1. The molecule has 25 heavy (non-hydrogen) atoms. The van der Waals surface area contributed by atoms with Crippen LogP contribution in [-0.4, -0.2) is 36.0 Å². The van der Waals surface area contributed by atoms with Crippen molar-refractivity contribution in [1.82, 2.24) is 15.2 Å². The van der Waals surface area contributed by atoms with Gasteiger partial charge in [0.25, 0.3) is 0 Å². The topological polar surface area (TPSA) is 40.5 Å². The molecule has 0 aliphatic rings. The van der Waals surface area contributed by atoms with E-state index in [4.69, 9.17) is 16.6 Å². The highest BCUT2D eigenvalue weighted by molar-refractivity contribution is 14.0. The molecule has 0 fully saturated rings. The number of hydrogen-bond acceptors (Lipinski definition) is 2. The normalized spacial score (nSPS) is 11.0. The lowest BCUT2D eigenvalue weighted by molar-refractivity contribution is 0.477. The smallest absolute Gasteiger partial charge is 0.193 e. The Morgan fingerprint density at radius 3 is 2.60 bits per heavy atom. The van der Waals surface area contributed by atoms with Crippen LogP contribution in [0.1, 0.15) is 23.6 Å². The van der Waals surface area contributed by atoms with Crippen molar-refractivity contribution in [2.75, 3.05) is 20.1 Å². The third-order valence-corrected chi connectivity index (χ3v) is 4.06. The zero-order chi connectivity index (χ0) is 17.4. The van der Waals surface area contributed by atoms with E-state index in [9.17, 15) is 0 Å². The fourth-order valence-electron chi connectivity index (χ4n) is 2.47. The molecule has 0 amide bonds. The Labute approximate surface area is 172 Å². The van der Waals surface area contributed by atoms with Crippen molar-refractivity contribution < 1.29 is 0 Å². The highest BCUT2D eigenvalue weighted by Gasteiger charge is 2.06. The number of pyridine rings is 1. The molecule has 0 atom stereocenters. The fraction of sp³-hybridized carbons (Fsp3) is 0.368. The van der Waals surface area contributed by atoms with Crippen LogP contribution in [0.25, 0.3) is 0 Å². The number of benzene rings is 1. The molecule has 0 saturated carbocycles. The Morgan fingerprint density at radius 2 is 1.96 bits per heavy atom. The first-order chi connectivity index (χ1) is 11.6. The Hall–Kier alpha value is -1.34. The largest absolute Gasteiger partial charge is 0.357 e. The lowest BCUT2D eigenvalue weighted by Gasteiger charge is -2.22. The van der Waals surface area contributed by atoms with E-state index in [1.165, 1.54) is 16.7 Å². The lowest BCUT2D eigenvalue weighted by atomic mass is 10.1. The van der Waals surface area contributed by atoms with Crippen molar-refractivity contribution in [3.63, 3.8) is 0 Å². The predicted molar refractivity (Wildman–Crippen MR) is 117 cm³/mol. The third kappa shape index (κ3) is 7.20. The molecule has 0 aliphatic carbocycles. The summed E-state index contributed by atoms with van der Waals surface area (Å²) in [7, 11) is 2.05. The first-order valence-electron chi connectivity index (χ1n) is 8.23. The molecule has 2 rings (SSSR count). The van der Waals surface area contributed by atoms with E-state index >= 15 is 0 Å². The standard InChI is InChI=1S/C19H25ClN4.HI/c1-4-22-19(23-12-10-17-9-11-21-13-15(17)2)24(3)14-16-5-7-18(20)8-6-16;/h5-9,11,13H,4,10,12,14H2,1-3H3,(H,22,23);1H. The molecule has 4 nitrogen and oxygen atoms in total. The van der Waals surface area contributed by atoms with E-state index in [0.29, 0.717) is 0 Å². The molecule has 0 aliphatic heterocycles. The van der Waals surface area contributed by atoms with Crippen molar-refractivity contribution in [2.45, 2.75) is 26.8 Å². The molecule has 1 aromatic heterocycles. The second-order valence-corrected chi connectivity index (χ2v) is 6.21. The van der Waals surface area contributed by atoms with E-state index in [-0.39, 0.29) is 24.0 Å². The summed E-state index contributed by atoms with van der Waals surface area (Å²) in [6.07, 6.45) is 4.65. The molecule has 0 spiro atoms. The van der Waals surface area contributed by atoms with Gasteiger partial charge in [-0.15, -0.1) is 24.0 Å². The van der Waals surface area contributed by atoms with Gasteiger partial charge >= 0.3 is 0 Å². The van der Waals surface area contributed by atoms with E-state index in [0.717, 1.165) is 37.0 Å². The van der Waals surface area contributed by atoms with Crippen molar-refractivity contribution >= 4 is 41.5 Å². The van der Waals surface area contributed by atoms with Crippen molar-refractivity contribution in [2.24, 2.45) is 4.99 Å². The van der Waals surface area contributed by atoms with Gasteiger partial charge in [-0.05, 0) is 55.2 Å². The number of aryl methyl sites for hydroxylation is 1. The van der Waals surface area contributed by atoms with Gasteiger partial charge in [-0.1, -0.05) is 23.7 Å². The maximum atomic E-state index is 5.95. The Bertz CT molecular complexity index is 673. The number of rotatable bonds is 6.